The summed E-state index contributed by atoms with van der Waals surface area (Å²) in [6.07, 6.45) is 2.71. The molecule has 2 N–H and O–H groups in total. The molecule has 1 heterocycles. The minimum Gasteiger partial charge on any atom is -0.376 e. The third-order valence-electron chi connectivity index (χ3n) is 4.81. The molecule has 0 unspecified atom stereocenters. The van der Waals surface area contributed by atoms with Crippen molar-refractivity contribution in [2.24, 2.45) is 11.8 Å². The van der Waals surface area contributed by atoms with Crippen molar-refractivity contribution in [2.75, 3.05) is 11.9 Å². The van der Waals surface area contributed by atoms with E-state index in [0.29, 0.717) is 18.2 Å². The topological polar surface area (TPSA) is 67.4 Å². The average molecular weight is 334 g/mol. The highest BCUT2D eigenvalue weighted by Gasteiger charge is 2.39. The predicted molar refractivity (Wildman–Crippen MR) is 88.2 cm³/mol. The largest absolute Gasteiger partial charge is 0.376 e. The number of rotatable bonds is 5. The number of nitrogens with one attached hydrogen (secondary N) is 2. The Bertz CT molecular complexity index is 643. The molecule has 1 aliphatic heterocycles. The molecular weight excluding hydrogens is 311 g/mol. The van der Waals surface area contributed by atoms with Crippen LogP contribution >= 0.6 is 0 Å². The van der Waals surface area contributed by atoms with E-state index in [9.17, 15) is 14.0 Å². The van der Waals surface area contributed by atoms with Crippen molar-refractivity contribution in [2.45, 2.75) is 45.3 Å². The van der Waals surface area contributed by atoms with Crippen molar-refractivity contribution < 1.29 is 18.7 Å². The highest BCUT2D eigenvalue weighted by Crippen LogP contribution is 2.38. The maximum atomic E-state index is 13.6. The summed E-state index contributed by atoms with van der Waals surface area (Å²) in [6, 6.07) is 3.66. The second kappa shape index (κ2) is 6.89. The first-order valence-electron chi connectivity index (χ1n) is 8.48. The molecule has 0 spiro atoms. The van der Waals surface area contributed by atoms with Crippen molar-refractivity contribution in [3.63, 3.8) is 0 Å². The lowest BCUT2D eigenvalue weighted by atomic mass is 10.1. The summed E-state index contributed by atoms with van der Waals surface area (Å²) >= 11 is 0. The molecule has 4 atom stereocenters. The van der Waals surface area contributed by atoms with Crippen LogP contribution in [0.3, 0.4) is 0 Å². The summed E-state index contributed by atoms with van der Waals surface area (Å²) in [5.74, 6) is -0.686. The van der Waals surface area contributed by atoms with Gasteiger partial charge in [0.2, 0.25) is 5.91 Å². The molecule has 6 heteroatoms. The van der Waals surface area contributed by atoms with Gasteiger partial charge in [0.15, 0.2) is 0 Å². The van der Waals surface area contributed by atoms with Gasteiger partial charge in [-0.1, -0.05) is 6.92 Å². The number of amides is 2. The van der Waals surface area contributed by atoms with Gasteiger partial charge in [-0.05, 0) is 50.3 Å². The number of ether oxygens (including phenoxy) is 1. The van der Waals surface area contributed by atoms with Gasteiger partial charge in [-0.3, -0.25) is 9.59 Å². The lowest BCUT2D eigenvalue weighted by molar-refractivity contribution is -0.117. The smallest absolute Gasteiger partial charge is 0.253 e. The van der Waals surface area contributed by atoms with Crippen LogP contribution in [0.2, 0.25) is 0 Å². The van der Waals surface area contributed by atoms with E-state index >= 15 is 0 Å². The predicted octanol–water partition coefficient (Wildman–Crippen LogP) is 2.72. The molecule has 1 saturated carbocycles. The molecule has 2 aliphatic rings. The van der Waals surface area contributed by atoms with Crippen LogP contribution < -0.4 is 10.6 Å². The van der Waals surface area contributed by atoms with Gasteiger partial charge < -0.3 is 15.4 Å². The Morgan fingerprint density at radius 3 is 2.75 bits per heavy atom. The SMILES string of the molecule is C[C@@H]1C[C@@H]1C(=O)Nc1ccc(F)cc1C(=O)N[C@@H](C)[C@H]1CCCO1. The van der Waals surface area contributed by atoms with Gasteiger partial charge in [0.05, 0.1) is 23.4 Å². The molecular formula is C18H23FN2O3. The van der Waals surface area contributed by atoms with Crippen LogP contribution in [-0.4, -0.2) is 30.6 Å². The second-order valence-corrected chi connectivity index (χ2v) is 6.81. The lowest BCUT2D eigenvalue weighted by Crippen LogP contribution is -2.41. The molecule has 1 aromatic carbocycles. The average Bonchev–Trinajstić information content (AvgIpc) is 3.05. The third kappa shape index (κ3) is 3.75. The minimum atomic E-state index is -0.511. The van der Waals surface area contributed by atoms with Gasteiger partial charge in [0.1, 0.15) is 5.82 Å². The monoisotopic (exact) mass is 334 g/mol. The summed E-state index contributed by atoms with van der Waals surface area (Å²) in [4.78, 5) is 24.7. The molecule has 130 valence electrons. The van der Waals surface area contributed by atoms with Crippen LogP contribution in [0.25, 0.3) is 0 Å². The molecule has 5 nitrogen and oxygen atoms in total. The third-order valence-corrected chi connectivity index (χ3v) is 4.81. The van der Waals surface area contributed by atoms with Crippen LogP contribution in [-0.2, 0) is 9.53 Å². The standard InChI is InChI=1S/C18H23FN2O3/c1-10-8-13(10)17(22)21-15-6-5-12(19)9-14(15)18(23)20-11(2)16-4-3-7-24-16/h5-6,9-11,13,16H,3-4,7-8H2,1-2H3,(H,20,23)(H,21,22)/t10-,11+,13+,16-/m1/s1. The molecule has 3 rings (SSSR count). The van der Waals surface area contributed by atoms with E-state index < -0.39 is 11.7 Å². The number of anilines is 1. The van der Waals surface area contributed by atoms with Gasteiger partial charge in [-0.15, -0.1) is 0 Å². The first kappa shape index (κ1) is 16.9. The summed E-state index contributed by atoms with van der Waals surface area (Å²) < 4.78 is 19.2. The number of benzene rings is 1. The van der Waals surface area contributed by atoms with Gasteiger partial charge in [-0.25, -0.2) is 4.39 Å². The van der Waals surface area contributed by atoms with Gasteiger partial charge in [-0.2, -0.15) is 0 Å². The zero-order valence-electron chi connectivity index (χ0n) is 14.0. The van der Waals surface area contributed by atoms with E-state index in [2.05, 4.69) is 10.6 Å². The Balaban J connectivity index is 1.71. The van der Waals surface area contributed by atoms with E-state index in [-0.39, 0.29) is 29.5 Å². The number of hydrogen-bond acceptors (Lipinski definition) is 3. The van der Waals surface area contributed by atoms with Crippen LogP contribution in [0.4, 0.5) is 10.1 Å². The van der Waals surface area contributed by atoms with Gasteiger partial charge >= 0.3 is 0 Å². The quantitative estimate of drug-likeness (QED) is 0.870. The lowest BCUT2D eigenvalue weighted by Gasteiger charge is -2.21. The van der Waals surface area contributed by atoms with Crippen LogP contribution in [0.1, 0.15) is 43.5 Å². The van der Waals surface area contributed by atoms with E-state index in [1.54, 1.807) is 0 Å². The van der Waals surface area contributed by atoms with Crippen LogP contribution in [0, 0.1) is 17.7 Å². The van der Waals surface area contributed by atoms with Crippen LogP contribution in [0.15, 0.2) is 18.2 Å². The molecule has 0 radical (unpaired) electrons. The summed E-state index contributed by atoms with van der Waals surface area (Å²) in [6.45, 7) is 4.58. The zero-order chi connectivity index (χ0) is 17.3. The Morgan fingerprint density at radius 1 is 1.38 bits per heavy atom. The fraction of sp³-hybridized carbons (Fsp3) is 0.556. The molecule has 24 heavy (non-hydrogen) atoms. The fourth-order valence-corrected chi connectivity index (χ4v) is 3.10. The van der Waals surface area contributed by atoms with E-state index in [1.807, 2.05) is 13.8 Å². The Hall–Kier alpha value is -1.95. The van der Waals surface area contributed by atoms with E-state index in [0.717, 1.165) is 25.3 Å². The molecule has 0 bridgehead atoms. The normalized spacial score (nSPS) is 26.7. The first-order valence-corrected chi connectivity index (χ1v) is 8.48. The Labute approximate surface area is 141 Å². The van der Waals surface area contributed by atoms with Crippen molar-refractivity contribution in [1.82, 2.24) is 5.32 Å². The van der Waals surface area contributed by atoms with Crippen molar-refractivity contribution >= 4 is 17.5 Å². The first-order chi connectivity index (χ1) is 11.5. The van der Waals surface area contributed by atoms with E-state index in [1.165, 1.54) is 12.1 Å². The maximum Gasteiger partial charge on any atom is 0.253 e. The number of carbonyl (C=O) groups is 2. The molecule has 2 amide bonds. The highest BCUT2D eigenvalue weighted by molar-refractivity contribution is 6.04. The van der Waals surface area contributed by atoms with Gasteiger partial charge in [0.25, 0.3) is 5.91 Å². The van der Waals surface area contributed by atoms with Crippen LogP contribution in [0.5, 0.6) is 0 Å². The Morgan fingerprint density at radius 2 is 2.12 bits per heavy atom. The summed E-state index contributed by atoms with van der Waals surface area (Å²) in [5.41, 5.74) is 0.485. The van der Waals surface area contributed by atoms with E-state index in [4.69, 9.17) is 4.74 Å². The van der Waals surface area contributed by atoms with Gasteiger partial charge in [0, 0.05) is 12.5 Å². The number of halogens is 1. The van der Waals surface area contributed by atoms with Crippen molar-refractivity contribution in [3.05, 3.63) is 29.6 Å². The molecule has 0 aromatic heterocycles. The highest BCUT2D eigenvalue weighted by atomic mass is 19.1. The molecule has 1 aliphatic carbocycles. The summed E-state index contributed by atoms with van der Waals surface area (Å²) in [5, 5.41) is 5.61. The zero-order valence-corrected chi connectivity index (χ0v) is 14.0. The number of hydrogen-bond donors (Lipinski definition) is 2. The fourth-order valence-electron chi connectivity index (χ4n) is 3.10. The van der Waals surface area contributed by atoms with Crippen molar-refractivity contribution in [3.8, 4) is 0 Å². The maximum absolute atomic E-state index is 13.6. The Kier molecular flexibility index (Phi) is 4.85. The van der Waals surface area contributed by atoms with Crippen molar-refractivity contribution in [1.29, 1.82) is 0 Å². The molecule has 1 aromatic rings. The summed E-state index contributed by atoms with van der Waals surface area (Å²) in [7, 11) is 0. The minimum absolute atomic E-state index is 0.0169. The number of carbonyl (C=O) groups excluding carboxylic acids is 2. The molecule has 1 saturated heterocycles. The second-order valence-electron chi connectivity index (χ2n) is 6.81. The molecule has 2 fully saturated rings.